The first-order valence-electron chi connectivity index (χ1n) is 5.71. The molecule has 17 heavy (non-hydrogen) atoms. The predicted molar refractivity (Wildman–Crippen MR) is 65.7 cm³/mol. The summed E-state index contributed by atoms with van der Waals surface area (Å²) in [5.74, 6) is 1.35. The molecule has 0 spiro atoms. The van der Waals surface area contributed by atoms with Crippen molar-refractivity contribution in [3.8, 4) is 17.6 Å². The van der Waals surface area contributed by atoms with Gasteiger partial charge in [-0.25, -0.2) is 0 Å². The molecule has 90 valence electrons. The van der Waals surface area contributed by atoms with Crippen LogP contribution in [0.25, 0.3) is 0 Å². The fraction of sp³-hybridized carbons (Fsp3) is 0.462. The Hall–Kier alpha value is -1.89. The summed E-state index contributed by atoms with van der Waals surface area (Å²) < 4.78 is 10.6. The number of hydrogen-bond acceptors (Lipinski definition) is 4. The summed E-state index contributed by atoms with van der Waals surface area (Å²) in [5.41, 5.74) is 1.52. The van der Waals surface area contributed by atoms with Gasteiger partial charge in [0.2, 0.25) is 0 Å². The lowest BCUT2D eigenvalue weighted by Gasteiger charge is -2.21. The van der Waals surface area contributed by atoms with Crippen LogP contribution in [-0.4, -0.2) is 27.3 Å². The van der Waals surface area contributed by atoms with Gasteiger partial charge in [-0.2, -0.15) is 5.26 Å². The molecule has 0 atom stereocenters. The van der Waals surface area contributed by atoms with Crippen molar-refractivity contribution in [1.82, 2.24) is 0 Å². The maximum Gasteiger partial charge on any atom is 0.143 e. The zero-order valence-corrected chi connectivity index (χ0v) is 10.2. The number of anilines is 1. The molecule has 0 radical (unpaired) electrons. The fourth-order valence-corrected chi connectivity index (χ4v) is 2.17. The van der Waals surface area contributed by atoms with E-state index in [1.807, 2.05) is 6.07 Å². The van der Waals surface area contributed by atoms with E-state index in [0.717, 1.165) is 24.5 Å². The summed E-state index contributed by atoms with van der Waals surface area (Å²) in [6.45, 7) is 2.07. The Balaban J connectivity index is 2.46. The van der Waals surface area contributed by atoms with Crippen LogP contribution in [-0.2, 0) is 0 Å². The highest BCUT2D eigenvalue weighted by Gasteiger charge is 2.19. The molecule has 1 aliphatic rings. The normalized spacial score (nSPS) is 14.5. The molecule has 1 heterocycles. The molecule has 4 nitrogen and oxygen atoms in total. The lowest BCUT2D eigenvalue weighted by molar-refractivity contribution is 0.402. The Kier molecular flexibility index (Phi) is 3.38. The van der Waals surface area contributed by atoms with Crippen molar-refractivity contribution >= 4 is 5.69 Å². The molecule has 1 aromatic carbocycles. The number of methoxy groups -OCH3 is 2. The quantitative estimate of drug-likeness (QED) is 0.801. The smallest absolute Gasteiger partial charge is 0.143 e. The minimum atomic E-state index is 0.507. The van der Waals surface area contributed by atoms with Crippen LogP contribution in [0.2, 0.25) is 0 Å². The lowest BCUT2D eigenvalue weighted by atomic mass is 10.1. The van der Waals surface area contributed by atoms with Gasteiger partial charge in [0, 0.05) is 25.2 Å². The molecule has 0 N–H and O–H groups in total. The molecule has 2 rings (SSSR count). The third-order valence-corrected chi connectivity index (χ3v) is 3.07. The highest BCUT2D eigenvalue weighted by molar-refractivity contribution is 5.66. The molecule has 0 aliphatic carbocycles. The zero-order valence-electron chi connectivity index (χ0n) is 10.2. The lowest BCUT2D eigenvalue weighted by Crippen LogP contribution is -2.18. The van der Waals surface area contributed by atoms with Gasteiger partial charge in [-0.3, -0.25) is 0 Å². The van der Waals surface area contributed by atoms with Crippen LogP contribution in [0, 0.1) is 11.3 Å². The van der Waals surface area contributed by atoms with Crippen LogP contribution < -0.4 is 14.4 Å². The Morgan fingerprint density at radius 3 is 2.29 bits per heavy atom. The first-order valence-corrected chi connectivity index (χ1v) is 5.71. The van der Waals surface area contributed by atoms with Crippen LogP contribution in [0.1, 0.15) is 18.4 Å². The molecular formula is C13H16N2O2. The van der Waals surface area contributed by atoms with Crippen molar-refractivity contribution in [1.29, 1.82) is 5.26 Å². The van der Waals surface area contributed by atoms with Gasteiger partial charge in [-0.1, -0.05) is 0 Å². The second kappa shape index (κ2) is 4.96. The maximum absolute atomic E-state index is 9.03. The molecule has 4 heteroatoms. The Morgan fingerprint density at radius 1 is 1.12 bits per heavy atom. The van der Waals surface area contributed by atoms with Crippen LogP contribution in [0.15, 0.2) is 12.1 Å². The average molecular weight is 232 g/mol. The molecule has 0 aromatic heterocycles. The van der Waals surface area contributed by atoms with Gasteiger partial charge >= 0.3 is 0 Å². The number of benzene rings is 1. The van der Waals surface area contributed by atoms with Crippen LogP contribution >= 0.6 is 0 Å². The Labute approximate surface area is 101 Å². The highest BCUT2D eigenvalue weighted by atomic mass is 16.5. The summed E-state index contributed by atoms with van der Waals surface area (Å²) in [7, 11) is 3.21. The first kappa shape index (κ1) is 11.6. The van der Waals surface area contributed by atoms with E-state index in [9.17, 15) is 0 Å². The van der Waals surface area contributed by atoms with E-state index < -0.39 is 0 Å². The zero-order chi connectivity index (χ0) is 12.3. The summed E-state index contributed by atoms with van der Waals surface area (Å²) in [4.78, 5) is 2.27. The number of nitrogens with zero attached hydrogens (tertiary/aromatic N) is 2. The van der Waals surface area contributed by atoms with E-state index in [-0.39, 0.29) is 0 Å². The first-order chi connectivity index (χ1) is 8.30. The van der Waals surface area contributed by atoms with E-state index in [4.69, 9.17) is 14.7 Å². The van der Waals surface area contributed by atoms with E-state index in [0.29, 0.717) is 11.3 Å². The maximum atomic E-state index is 9.03. The molecule has 0 amide bonds. The van der Waals surface area contributed by atoms with Crippen LogP contribution in [0.5, 0.6) is 11.5 Å². The fourth-order valence-electron chi connectivity index (χ4n) is 2.17. The molecule has 0 saturated carbocycles. The molecule has 1 saturated heterocycles. The number of ether oxygens (including phenoxy) is 2. The molecule has 0 unspecified atom stereocenters. The third kappa shape index (κ3) is 2.14. The van der Waals surface area contributed by atoms with Crippen molar-refractivity contribution in [2.24, 2.45) is 0 Å². The second-order valence-corrected chi connectivity index (χ2v) is 4.03. The molecule has 1 aromatic rings. The minimum absolute atomic E-state index is 0.507. The standard InChI is InChI=1S/C13H16N2O2/c1-16-12-8-11(15-5-3-4-6-15)13(17-2)7-10(12)9-14/h7-8H,3-6H2,1-2H3. The van der Waals surface area contributed by atoms with Crippen molar-refractivity contribution in [3.05, 3.63) is 17.7 Å². The number of rotatable bonds is 3. The Morgan fingerprint density at radius 2 is 1.76 bits per heavy atom. The minimum Gasteiger partial charge on any atom is -0.495 e. The average Bonchev–Trinajstić information content (AvgIpc) is 2.90. The van der Waals surface area contributed by atoms with Gasteiger partial charge in [0.25, 0.3) is 0 Å². The van der Waals surface area contributed by atoms with E-state index in [1.54, 1.807) is 20.3 Å². The van der Waals surface area contributed by atoms with Gasteiger partial charge in [-0.15, -0.1) is 0 Å². The third-order valence-electron chi connectivity index (χ3n) is 3.07. The molecule has 0 bridgehead atoms. The monoisotopic (exact) mass is 232 g/mol. The van der Waals surface area contributed by atoms with Crippen molar-refractivity contribution < 1.29 is 9.47 Å². The van der Waals surface area contributed by atoms with Gasteiger partial charge in [0.05, 0.1) is 25.5 Å². The van der Waals surface area contributed by atoms with Crippen molar-refractivity contribution in [2.75, 3.05) is 32.2 Å². The van der Waals surface area contributed by atoms with Gasteiger partial charge in [-0.05, 0) is 12.8 Å². The number of hydrogen-bond donors (Lipinski definition) is 0. The second-order valence-electron chi connectivity index (χ2n) is 4.03. The van der Waals surface area contributed by atoms with E-state index >= 15 is 0 Å². The summed E-state index contributed by atoms with van der Waals surface area (Å²) >= 11 is 0. The predicted octanol–water partition coefficient (Wildman–Crippen LogP) is 2.18. The Bertz CT molecular complexity index is 445. The highest BCUT2D eigenvalue weighted by Crippen LogP contribution is 2.36. The van der Waals surface area contributed by atoms with Gasteiger partial charge < -0.3 is 14.4 Å². The summed E-state index contributed by atoms with van der Waals surface area (Å²) in [6, 6.07) is 5.75. The molecule has 1 aliphatic heterocycles. The number of nitriles is 1. The van der Waals surface area contributed by atoms with Crippen molar-refractivity contribution in [3.63, 3.8) is 0 Å². The summed E-state index contributed by atoms with van der Waals surface area (Å²) in [5, 5.41) is 9.03. The molecular weight excluding hydrogens is 216 g/mol. The largest absolute Gasteiger partial charge is 0.495 e. The van der Waals surface area contributed by atoms with E-state index in [1.165, 1.54) is 12.8 Å². The van der Waals surface area contributed by atoms with Crippen LogP contribution in [0.4, 0.5) is 5.69 Å². The summed E-state index contributed by atoms with van der Waals surface area (Å²) in [6.07, 6.45) is 2.40. The van der Waals surface area contributed by atoms with Gasteiger partial charge in [0.15, 0.2) is 0 Å². The van der Waals surface area contributed by atoms with E-state index in [2.05, 4.69) is 11.0 Å². The SMILES string of the molecule is COc1cc(N2CCCC2)c(OC)cc1C#N. The topological polar surface area (TPSA) is 45.5 Å². The van der Waals surface area contributed by atoms with Crippen LogP contribution in [0.3, 0.4) is 0 Å². The van der Waals surface area contributed by atoms with Gasteiger partial charge in [0.1, 0.15) is 17.6 Å². The van der Waals surface area contributed by atoms with Crippen molar-refractivity contribution in [2.45, 2.75) is 12.8 Å². The molecule has 1 fully saturated rings.